The summed E-state index contributed by atoms with van der Waals surface area (Å²) in [4.78, 5) is 0. The van der Waals surface area contributed by atoms with E-state index in [0.29, 0.717) is 11.8 Å². The van der Waals surface area contributed by atoms with E-state index in [1.165, 1.54) is 5.75 Å². The summed E-state index contributed by atoms with van der Waals surface area (Å²) < 4.78 is 0. The Balaban J connectivity index is 3.74. The number of hydrogen-bond donors (Lipinski definition) is 3. The smallest absolute Gasteiger partial charge is 0.144 e. The highest BCUT2D eigenvalue weighted by molar-refractivity contribution is 7.98. The summed E-state index contributed by atoms with van der Waals surface area (Å²) in [5.41, 5.74) is 5.36. The Bertz CT molecular complexity index is 219. The lowest BCUT2D eigenvalue weighted by atomic mass is 9.88. The number of amidine groups is 1. The maximum absolute atomic E-state index is 8.62. The molecule has 16 heavy (non-hydrogen) atoms. The van der Waals surface area contributed by atoms with E-state index in [-0.39, 0.29) is 5.41 Å². The minimum absolute atomic E-state index is 0.246. The molecule has 0 amide bonds. The lowest BCUT2D eigenvalue weighted by Gasteiger charge is -2.23. The van der Waals surface area contributed by atoms with Gasteiger partial charge in [0.05, 0.1) is 0 Å². The zero-order valence-corrected chi connectivity index (χ0v) is 11.6. The van der Waals surface area contributed by atoms with Crippen molar-refractivity contribution >= 4 is 17.6 Å². The van der Waals surface area contributed by atoms with Crippen molar-refractivity contribution in [3.63, 3.8) is 0 Å². The lowest BCUT2D eigenvalue weighted by Crippen LogP contribution is -2.35. The van der Waals surface area contributed by atoms with E-state index in [1.807, 2.05) is 25.6 Å². The molecule has 0 bridgehead atoms. The lowest BCUT2D eigenvalue weighted by molar-refractivity contribution is 0.304. The van der Waals surface area contributed by atoms with Gasteiger partial charge in [-0.2, -0.15) is 11.8 Å². The summed E-state index contributed by atoms with van der Waals surface area (Å²) in [5.74, 6) is 2.16. The third-order valence-corrected chi connectivity index (χ3v) is 3.57. The minimum Gasteiger partial charge on any atom is -0.409 e. The third-order valence-electron chi connectivity index (χ3n) is 2.67. The molecule has 0 aromatic heterocycles. The fourth-order valence-corrected chi connectivity index (χ4v) is 2.04. The summed E-state index contributed by atoms with van der Waals surface area (Å²) in [6.45, 7) is 8.11. The molecule has 0 heterocycles. The predicted molar refractivity (Wildman–Crippen MR) is 72.2 cm³/mol. The summed E-state index contributed by atoms with van der Waals surface area (Å²) >= 11 is 1.87. The van der Waals surface area contributed by atoms with Crippen LogP contribution in [0.1, 0.15) is 27.2 Å². The van der Waals surface area contributed by atoms with Gasteiger partial charge in [0.2, 0.25) is 0 Å². The minimum atomic E-state index is -0.246. The molecule has 0 aromatic rings. The van der Waals surface area contributed by atoms with Gasteiger partial charge in [-0.05, 0) is 37.4 Å². The maximum atomic E-state index is 8.62. The molecule has 4 nitrogen and oxygen atoms in total. The molecule has 0 saturated carbocycles. The van der Waals surface area contributed by atoms with Crippen molar-refractivity contribution in [2.24, 2.45) is 22.2 Å². The van der Waals surface area contributed by atoms with Gasteiger partial charge >= 0.3 is 0 Å². The van der Waals surface area contributed by atoms with Crippen LogP contribution in [0.2, 0.25) is 0 Å². The van der Waals surface area contributed by atoms with E-state index in [2.05, 4.69) is 23.7 Å². The van der Waals surface area contributed by atoms with Gasteiger partial charge in [-0.3, -0.25) is 0 Å². The second-order valence-corrected chi connectivity index (χ2v) is 5.79. The van der Waals surface area contributed by atoms with Crippen LogP contribution < -0.4 is 11.1 Å². The van der Waals surface area contributed by atoms with Crippen LogP contribution in [0.4, 0.5) is 0 Å². The van der Waals surface area contributed by atoms with Gasteiger partial charge in [0.1, 0.15) is 5.84 Å². The van der Waals surface area contributed by atoms with Crippen LogP contribution in [0, 0.1) is 11.3 Å². The summed E-state index contributed by atoms with van der Waals surface area (Å²) in [5, 5.41) is 15.1. The van der Waals surface area contributed by atoms with Crippen molar-refractivity contribution in [3.05, 3.63) is 0 Å². The largest absolute Gasteiger partial charge is 0.409 e. The van der Waals surface area contributed by atoms with Crippen LogP contribution in [0.5, 0.6) is 0 Å². The molecular weight excluding hydrogens is 222 g/mol. The Morgan fingerprint density at radius 2 is 2.19 bits per heavy atom. The van der Waals surface area contributed by atoms with Crippen LogP contribution in [0.3, 0.4) is 0 Å². The Morgan fingerprint density at radius 1 is 1.56 bits per heavy atom. The summed E-state index contributed by atoms with van der Waals surface area (Å²) in [7, 11) is 0. The van der Waals surface area contributed by atoms with Crippen LogP contribution in [-0.2, 0) is 0 Å². The van der Waals surface area contributed by atoms with Gasteiger partial charge in [0.15, 0.2) is 0 Å². The zero-order valence-electron chi connectivity index (χ0n) is 10.8. The molecule has 1 atom stereocenters. The van der Waals surface area contributed by atoms with Crippen molar-refractivity contribution in [2.75, 3.05) is 25.1 Å². The Morgan fingerprint density at radius 3 is 2.69 bits per heavy atom. The SMILES string of the molecule is CSCC(C)CNCCC(C)(C)C(N)=NO. The highest BCUT2D eigenvalue weighted by Gasteiger charge is 2.22. The zero-order chi connectivity index (χ0) is 12.6. The number of rotatable bonds is 8. The normalized spacial score (nSPS) is 15.1. The molecule has 0 spiro atoms. The predicted octanol–water partition coefficient (Wildman–Crippen LogP) is 1.74. The second-order valence-electron chi connectivity index (χ2n) is 4.88. The van der Waals surface area contributed by atoms with Crippen molar-refractivity contribution < 1.29 is 5.21 Å². The van der Waals surface area contributed by atoms with Gasteiger partial charge in [-0.1, -0.05) is 25.9 Å². The van der Waals surface area contributed by atoms with E-state index < -0.39 is 0 Å². The van der Waals surface area contributed by atoms with Crippen LogP contribution in [0.15, 0.2) is 5.16 Å². The van der Waals surface area contributed by atoms with Gasteiger partial charge < -0.3 is 16.3 Å². The first-order chi connectivity index (χ1) is 7.44. The molecule has 1 unspecified atom stereocenters. The van der Waals surface area contributed by atoms with E-state index in [0.717, 1.165) is 19.5 Å². The quantitative estimate of drug-likeness (QED) is 0.201. The number of oxime groups is 1. The number of nitrogens with one attached hydrogen (secondary N) is 1. The average molecular weight is 247 g/mol. The van der Waals surface area contributed by atoms with Crippen molar-refractivity contribution in [1.29, 1.82) is 0 Å². The number of thioether (sulfide) groups is 1. The van der Waals surface area contributed by atoms with Crippen molar-refractivity contribution in [2.45, 2.75) is 27.2 Å². The average Bonchev–Trinajstić information content (AvgIpc) is 2.23. The Labute approximate surface area is 103 Å². The molecule has 0 radical (unpaired) electrons. The van der Waals surface area contributed by atoms with E-state index in [1.54, 1.807) is 0 Å². The molecule has 5 heteroatoms. The Hall–Kier alpha value is -0.420. The topological polar surface area (TPSA) is 70.6 Å². The molecule has 0 rings (SSSR count). The highest BCUT2D eigenvalue weighted by atomic mass is 32.2. The fraction of sp³-hybridized carbons (Fsp3) is 0.909. The van der Waals surface area contributed by atoms with Crippen LogP contribution >= 0.6 is 11.8 Å². The number of nitrogens with two attached hydrogens (primary N) is 1. The molecule has 0 aliphatic rings. The van der Waals surface area contributed by atoms with Crippen LogP contribution in [-0.4, -0.2) is 36.1 Å². The van der Waals surface area contributed by atoms with Crippen LogP contribution in [0.25, 0.3) is 0 Å². The van der Waals surface area contributed by atoms with Gasteiger partial charge in [-0.15, -0.1) is 0 Å². The molecule has 96 valence electrons. The van der Waals surface area contributed by atoms with E-state index in [9.17, 15) is 0 Å². The first-order valence-corrected chi connectivity index (χ1v) is 7.01. The van der Waals surface area contributed by atoms with Crippen molar-refractivity contribution in [3.8, 4) is 0 Å². The summed E-state index contributed by atoms with van der Waals surface area (Å²) in [6, 6.07) is 0. The Kier molecular flexibility index (Phi) is 7.58. The molecule has 0 aromatic carbocycles. The van der Waals surface area contributed by atoms with E-state index >= 15 is 0 Å². The highest BCUT2D eigenvalue weighted by Crippen LogP contribution is 2.19. The molecule has 0 fully saturated rings. The monoisotopic (exact) mass is 247 g/mol. The van der Waals surface area contributed by atoms with E-state index in [4.69, 9.17) is 10.9 Å². The summed E-state index contributed by atoms with van der Waals surface area (Å²) in [6.07, 6.45) is 2.99. The molecule has 0 saturated heterocycles. The first-order valence-electron chi connectivity index (χ1n) is 5.61. The maximum Gasteiger partial charge on any atom is 0.144 e. The molecule has 0 aliphatic heterocycles. The molecular formula is C11H25N3OS. The second kappa shape index (κ2) is 7.79. The molecule has 4 N–H and O–H groups in total. The third kappa shape index (κ3) is 6.23. The van der Waals surface area contributed by atoms with Crippen molar-refractivity contribution in [1.82, 2.24) is 5.32 Å². The number of hydrogen-bond acceptors (Lipinski definition) is 4. The number of nitrogens with zero attached hydrogens (tertiary/aromatic N) is 1. The standard InChI is InChI=1S/C11H25N3OS/c1-9(8-16-4)7-13-6-5-11(2,3)10(12)14-15/h9,13,15H,5-8H2,1-4H3,(H2,12,14). The fourth-order valence-electron chi connectivity index (χ4n) is 1.36. The molecule has 0 aliphatic carbocycles. The first kappa shape index (κ1) is 15.6. The van der Waals surface area contributed by atoms with Gasteiger partial charge in [0.25, 0.3) is 0 Å². The van der Waals surface area contributed by atoms with Gasteiger partial charge in [-0.25, -0.2) is 0 Å². The van der Waals surface area contributed by atoms with Gasteiger partial charge in [0, 0.05) is 5.41 Å².